The molecule has 230 valence electrons. The summed E-state index contributed by atoms with van der Waals surface area (Å²) in [5.41, 5.74) is -3.70. The summed E-state index contributed by atoms with van der Waals surface area (Å²) in [7, 11) is 0. The highest BCUT2D eigenvalue weighted by molar-refractivity contribution is 6.15. The molecule has 0 radical (unpaired) electrons. The molecule has 9 aromatic rings. The first-order valence-corrected chi connectivity index (χ1v) is 14.5. The molecule has 0 fully saturated rings. The minimum atomic E-state index is -0.938. The third-order valence-electron chi connectivity index (χ3n) is 7.37. The molecule has 4 heteroatoms. The lowest BCUT2D eigenvalue weighted by Gasteiger charge is -2.10. The van der Waals surface area contributed by atoms with E-state index in [1.807, 2.05) is 0 Å². The van der Waals surface area contributed by atoms with Gasteiger partial charge in [-0.2, -0.15) is 0 Å². The quantitative estimate of drug-likeness (QED) is 0.180. The molecule has 0 saturated heterocycles. The van der Waals surface area contributed by atoms with Gasteiger partial charge in [0, 0.05) is 33.0 Å². The van der Waals surface area contributed by atoms with Crippen LogP contribution in [0.25, 0.3) is 89.5 Å². The topological polar surface area (TPSA) is 51.8 Å². The van der Waals surface area contributed by atoms with Crippen LogP contribution >= 0.6 is 0 Å². The highest BCUT2D eigenvalue weighted by Crippen LogP contribution is 2.40. The van der Waals surface area contributed by atoms with Crippen molar-refractivity contribution < 1.29 is 35.9 Å². The average Bonchev–Trinajstić information content (AvgIpc) is 3.76. The van der Waals surface area contributed by atoms with Crippen LogP contribution in [0, 0.1) is 0 Å². The van der Waals surface area contributed by atoms with E-state index in [9.17, 15) is 5.48 Å². The monoisotopic (exact) mass is 650 g/mol. The number of hydrogen-bond acceptors (Lipinski definition) is 4. The van der Waals surface area contributed by atoms with Crippen molar-refractivity contribution in [3.63, 3.8) is 0 Å². The van der Waals surface area contributed by atoms with Crippen molar-refractivity contribution in [1.29, 1.82) is 0 Å². The van der Waals surface area contributed by atoms with E-state index in [2.05, 4.69) is 15.0 Å². The molecule has 7 aromatic carbocycles. The summed E-state index contributed by atoms with van der Waals surface area (Å²) in [6.45, 7) is 0. The molecular weight excluding hydrogens is 599 g/mol. The van der Waals surface area contributed by atoms with Crippen LogP contribution < -0.4 is 0 Å². The first kappa shape index (κ1) is 13.5. The molecule has 9 rings (SSSR count). The molecular formula is C45H29N3O. The lowest BCUT2D eigenvalue weighted by atomic mass is 9.99. The second-order valence-corrected chi connectivity index (χ2v) is 10.3. The van der Waals surface area contributed by atoms with Gasteiger partial charge in [0.05, 0.1) is 31.5 Å². The lowest BCUT2D eigenvalue weighted by Crippen LogP contribution is -2.00. The zero-order valence-electron chi connectivity index (χ0n) is 47.7. The maximum Gasteiger partial charge on any atom is 0.164 e. The molecule has 0 bridgehead atoms. The fourth-order valence-corrected chi connectivity index (χ4v) is 5.18. The summed E-state index contributed by atoms with van der Waals surface area (Å²) in [6.07, 6.45) is 0. The Bertz CT molecular complexity index is 3790. The Morgan fingerprint density at radius 2 is 0.816 bits per heavy atom. The number of benzene rings is 7. The van der Waals surface area contributed by atoms with Crippen molar-refractivity contribution in [2.75, 3.05) is 0 Å². The fourth-order valence-electron chi connectivity index (χ4n) is 5.18. The maximum absolute atomic E-state index is 9.28. The largest absolute Gasteiger partial charge is 0.455 e. The minimum absolute atomic E-state index is 0.0734. The van der Waals surface area contributed by atoms with Gasteiger partial charge in [0.2, 0.25) is 0 Å². The van der Waals surface area contributed by atoms with Crippen LogP contribution in [0.3, 0.4) is 0 Å². The number of furan rings is 1. The van der Waals surface area contributed by atoms with Gasteiger partial charge in [-0.05, 0) is 33.9 Å². The van der Waals surface area contributed by atoms with Crippen molar-refractivity contribution in [1.82, 2.24) is 15.0 Å². The summed E-state index contributed by atoms with van der Waals surface area (Å²) < 4.78 is 204. The Hall–Kier alpha value is -6.65. The summed E-state index contributed by atoms with van der Waals surface area (Å²) in [5.74, 6) is -1.54. The Morgan fingerprint density at radius 1 is 0.388 bits per heavy atom. The predicted octanol–water partition coefficient (Wildman–Crippen LogP) is 11.8. The van der Waals surface area contributed by atoms with Gasteiger partial charge in [-0.3, -0.25) is 0 Å². The molecule has 0 amide bonds. The standard InChI is InChI=1S/C45H29N3O/c1-4-12-30(13-5-1)31-22-24-32(25-23-31)33-26-28-36(29-27-33)44-46-43(35-16-8-3-9-17-35)47-45(48-44)39-20-11-21-40-41(39)38-19-10-18-37(42(38)49-40)34-14-6-2-7-15-34/h1-29H/i1D,2D,3D,4D,5D,6D,7D,8D,9D,12D,13D,14D,15D,16D,17D,22D,23D,24D,25D,26D,27D,28D,29D. The van der Waals surface area contributed by atoms with Gasteiger partial charge in [-0.15, -0.1) is 0 Å². The normalized spacial score (nSPS) is 17.8. The van der Waals surface area contributed by atoms with Crippen LogP contribution in [0.1, 0.15) is 31.5 Å². The first-order chi connectivity index (χ1) is 33.8. The summed E-state index contributed by atoms with van der Waals surface area (Å²) in [5, 5.41) is 0.568. The second-order valence-electron chi connectivity index (χ2n) is 10.3. The van der Waals surface area contributed by atoms with Gasteiger partial charge in [-0.1, -0.05) is 169 Å². The Balaban J connectivity index is 1.32. The van der Waals surface area contributed by atoms with Gasteiger partial charge in [-0.25, -0.2) is 15.0 Å². The van der Waals surface area contributed by atoms with Gasteiger partial charge < -0.3 is 4.42 Å². The Kier molecular flexibility index (Phi) is 3.35. The molecule has 49 heavy (non-hydrogen) atoms. The van der Waals surface area contributed by atoms with Crippen LogP contribution in [0.5, 0.6) is 0 Å². The summed E-state index contributed by atoms with van der Waals surface area (Å²) in [4.78, 5) is 13.5. The van der Waals surface area contributed by atoms with Gasteiger partial charge in [0.15, 0.2) is 17.5 Å². The van der Waals surface area contributed by atoms with Crippen LogP contribution in [0.4, 0.5) is 0 Å². The molecule has 0 atom stereocenters. The van der Waals surface area contributed by atoms with Gasteiger partial charge in [0.1, 0.15) is 11.2 Å². The maximum atomic E-state index is 9.28. The molecule has 0 unspecified atom stereocenters. The van der Waals surface area contributed by atoms with E-state index < -0.39 is 184 Å². The van der Waals surface area contributed by atoms with Crippen molar-refractivity contribution in [2.24, 2.45) is 0 Å². The zero-order chi connectivity index (χ0) is 52.6. The number of para-hydroxylation sites is 1. The van der Waals surface area contributed by atoms with Crippen molar-refractivity contribution >= 4 is 21.9 Å². The molecule has 0 aliphatic carbocycles. The smallest absolute Gasteiger partial charge is 0.164 e. The number of nitrogens with zero attached hydrogens (tertiary/aromatic N) is 3. The van der Waals surface area contributed by atoms with Crippen molar-refractivity contribution in [3.8, 4) is 67.5 Å². The van der Waals surface area contributed by atoms with Crippen molar-refractivity contribution in [2.45, 2.75) is 0 Å². The van der Waals surface area contributed by atoms with Crippen molar-refractivity contribution in [3.05, 3.63) is 175 Å². The Labute approximate surface area is 316 Å². The summed E-state index contributed by atoms with van der Waals surface area (Å²) in [6, 6.07) is -8.82. The van der Waals surface area contributed by atoms with E-state index in [-0.39, 0.29) is 39.1 Å². The van der Waals surface area contributed by atoms with E-state index >= 15 is 0 Å². The number of rotatable bonds is 6. The fraction of sp³-hybridized carbons (Fsp3) is 0. The first-order valence-electron chi connectivity index (χ1n) is 26.0. The highest BCUT2D eigenvalue weighted by Gasteiger charge is 2.19. The molecule has 0 spiro atoms. The van der Waals surface area contributed by atoms with E-state index in [0.717, 1.165) is 0 Å². The second kappa shape index (κ2) is 12.2. The van der Waals surface area contributed by atoms with Crippen LogP contribution in [0.2, 0.25) is 0 Å². The molecule has 2 heterocycles. The average molecular weight is 651 g/mol. The number of aromatic nitrogens is 3. The third-order valence-corrected chi connectivity index (χ3v) is 7.37. The van der Waals surface area contributed by atoms with Gasteiger partial charge in [0.25, 0.3) is 0 Å². The van der Waals surface area contributed by atoms with Crippen LogP contribution in [-0.4, -0.2) is 15.0 Å². The van der Waals surface area contributed by atoms with Crippen LogP contribution in [0.15, 0.2) is 180 Å². The SMILES string of the molecule is [2H]c1c([2H])c([2H])c(-c2nc(-c3c([2H])c([2H])c(-c4c([2H])c([2H])c(-c5c([2H])c([2H])c([2H])c([2H])c5[2H])c([2H])c4[2H])c([2H])c3[2H])nc(-c3cccc4oc5c(-c6c([2H])c([2H])c([2H])c([2H])c6[2H])cccc5c34)n2)c([2H])c1[2H]. The van der Waals surface area contributed by atoms with E-state index in [0.29, 0.717) is 5.39 Å². The van der Waals surface area contributed by atoms with E-state index in [1.165, 1.54) is 18.2 Å². The molecule has 0 aliphatic heterocycles. The molecule has 0 aliphatic rings. The molecule has 0 saturated carbocycles. The van der Waals surface area contributed by atoms with Crippen LogP contribution in [-0.2, 0) is 0 Å². The highest BCUT2D eigenvalue weighted by atomic mass is 16.3. The molecule has 2 aromatic heterocycles. The minimum Gasteiger partial charge on any atom is -0.455 e. The molecule has 0 N–H and O–H groups in total. The summed E-state index contributed by atoms with van der Waals surface area (Å²) >= 11 is 0. The third kappa shape index (κ3) is 5.35. The Morgan fingerprint density at radius 3 is 1.41 bits per heavy atom. The van der Waals surface area contributed by atoms with Gasteiger partial charge >= 0.3 is 0 Å². The lowest BCUT2D eigenvalue weighted by molar-refractivity contribution is 0.670. The van der Waals surface area contributed by atoms with E-state index in [1.54, 1.807) is 18.2 Å². The zero-order valence-corrected chi connectivity index (χ0v) is 24.7. The van der Waals surface area contributed by atoms with E-state index in [4.69, 9.17) is 30.5 Å². The number of fused-ring (bicyclic) bond motifs is 3. The molecule has 4 nitrogen and oxygen atoms in total. The number of hydrogen-bond donors (Lipinski definition) is 0. The predicted molar refractivity (Wildman–Crippen MR) is 200 cm³/mol.